The molecule has 3 saturated heterocycles. The van der Waals surface area contributed by atoms with E-state index >= 15 is 8.78 Å². The molecule has 2 amide bonds. The number of carbonyl (C=O) groups excluding carboxylic acids is 5. The standard InChI is InChI=1S/C28H43FN7O10P.C19H21FN5O7P.C17H25FN6O4/c1-17(25(39)44-19-9-5-3-6-10-19)33-47(42,34-18(2)26(40)45-20-11-7-4-8-12-20)43-16-28(15-31-35-30)23(38)22(29)24(46-28)36-14-13-21(37)32-27(36)41;1-11-4-3-5-13-8-29-33(28,32-16(11)13)30-10-19(9-22-24-21)17(27)15(20)18(31-19)25-7-6-14(26)23-12(25)2;1-9(2)14(19)11(25)4-6-17(8-21-23-20)15(27)13(18)16(28-17)24-7-5-12(26)22-10(24)3/h13-14,17-20,22-24,38H,3-12,15-16H2,1-2H3,(H,32,37,41)(H2,33,34,42);3-7,15,17-18,27H,2,8-10H2,1H3,(H,23,26);5,7,9,13-16,27H,3-4,6,8,19H2,1-2H3,(H,22,26)/t17?,18?,22-,23+,24-,28-,47?;15-,17+,18-,19-,33?;13-,14?,15+,16-,17+/m111/s1. The van der Waals surface area contributed by atoms with Crippen molar-refractivity contribution < 1.29 is 103 Å². The third kappa shape index (κ3) is 20.7. The average molecular weight is 1570 g/mol. The maximum absolute atomic E-state index is 15.5. The Morgan fingerprint density at radius 2 is 1.19 bits per heavy atom. The Morgan fingerprint density at radius 1 is 0.731 bits per heavy atom. The molecule has 1 aromatic heterocycles. The minimum Gasteiger partial charge on any atom is -0.461 e. The molecule has 0 radical (unpaired) electrons. The summed E-state index contributed by atoms with van der Waals surface area (Å²) in [6.07, 6.45) is -2.95. The van der Waals surface area contributed by atoms with Gasteiger partial charge >= 0.3 is 33.1 Å². The van der Waals surface area contributed by atoms with Gasteiger partial charge in [0, 0.05) is 63.5 Å². The van der Waals surface area contributed by atoms with Crippen molar-refractivity contribution >= 4 is 45.0 Å². The van der Waals surface area contributed by atoms with Crippen LogP contribution in [0.25, 0.3) is 31.3 Å². The first-order chi connectivity index (χ1) is 51.2. The summed E-state index contributed by atoms with van der Waals surface area (Å²) in [5.74, 6) is -2.24. The van der Waals surface area contributed by atoms with E-state index in [4.69, 9.17) is 64.1 Å². The number of halogens is 3. The summed E-state index contributed by atoms with van der Waals surface area (Å²) in [6.45, 7) is 12.1. The van der Waals surface area contributed by atoms with Gasteiger partial charge in [0.1, 0.15) is 82.6 Å². The van der Waals surface area contributed by atoms with E-state index in [-0.39, 0.29) is 61.5 Å². The van der Waals surface area contributed by atoms with E-state index in [1.807, 2.05) is 4.98 Å². The van der Waals surface area contributed by atoms with Crippen LogP contribution in [0.3, 0.4) is 0 Å². The van der Waals surface area contributed by atoms with Crippen molar-refractivity contribution in [3.8, 4) is 5.75 Å². The van der Waals surface area contributed by atoms with Gasteiger partial charge in [-0.15, -0.1) is 0 Å². The monoisotopic (exact) mass is 1560 g/mol. The van der Waals surface area contributed by atoms with Gasteiger partial charge in [-0.2, -0.15) is 0 Å². The van der Waals surface area contributed by atoms with Gasteiger partial charge in [0.2, 0.25) is 0 Å². The van der Waals surface area contributed by atoms with Crippen LogP contribution >= 0.6 is 15.5 Å². The lowest BCUT2D eigenvalue weighted by Gasteiger charge is -2.34. The highest BCUT2D eigenvalue weighted by molar-refractivity contribution is 7.54. The average Bonchev–Trinajstić information content (AvgIpc) is 1.61. The number of aliphatic hydroxyl groups excluding tert-OH is 3. The molecule has 2 aromatic rings. The highest BCUT2D eigenvalue weighted by Gasteiger charge is 2.61. The Morgan fingerprint density at radius 3 is 1.68 bits per heavy atom. The number of H-pyrrole nitrogens is 1. The number of hydrogen-bond acceptors (Lipinski definition) is 27. The van der Waals surface area contributed by atoms with Gasteiger partial charge in [0.25, 0.3) is 17.4 Å². The summed E-state index contributed by atoms with van der Waals surface area (Å²) in [5, 5.41) is 52.4. The number of aromatic nitrogens is 2. The fourth-order valence-electron chi connectivity index (χ4n) is 12.8. The molecule has 39 nitrogen and oxygen atoms in total. The predicted molar refractivity (Wildman–Crippen MR) is 373 cm³/mol. The second-order valence-corrected chi connectivity index (χ2v) is 30.7. The van der Waals surface area contributed by atoms with Crippen LogP contribution < -0.4 is 42.3 Å². The van der Waals surface area contributed by atoms with Crippen LogP contribution in [-0.4, -0.2) is 193 Å². The van der Waals surface area contributed by atoms with Crippen molar-refractivity contribution in [1.29, 1.82) is 0 Å². The van der Waals surface area contributed by atoms with Gasteiger partial charge < -0.3 is 74.2 Å². The molecule has 7 heterocycles. The number of carbonyl (C=O) groups is 5. The zero-order chi connectivity index (χ0) is 79.1. The lowest BCUT2D eigenvalue weighted by molar-refractivity contribution is -0.152. The minimum absolute atomic E-state index is 0.0154. The Hall–Kier alpha value is -8.49. The minimum atomic E-state index is -4.49. The van der Waals surface area contributed by atoms with Crippen LogP contribution in [0.1, 0.15) is 122 Å². The molecular weight excluding hydrogens is 1480 g/mol. The molecule has 44 heteroatoms. The molecule has 2 saturated carbocycles. The van der Waals surface area contributed by atoms with E-state index in [0.717, 1.165) is 62.9 Å². The molecule has 6 aliphatic heterocycles. The Kier molecular flexibility index (Phi) is 29.4. The number of nitrogens with two attached hydrogens (primary N) is 1. The van der Waals surface area contributed by atoms with Crippen molar-refractivity contribution in [2.45, 2.75) is 221 Å². The normalized spacial score (nSPS) is 30.4. The fraction of sp³-hybridized carbons (Fsp3) is 0.641. The van der Waals surface area contributed by atoms with E-state index in [9.17, 15) is 62.4 Å². The number of phosphoric ester groups is 1. The van der Waals surface area contributed by atoms with Gasteiger partial charge in [-0.25, -0.2) is 32.7 Å². The van der Waals surface area contributed by atoms with Gasteiger partial charge in [-0.3, -0.25) is 51.9 Å². The SMILES string of the molecule is C=C1NC(=O)C=CN1[C@@H]1O[C@@](CCC(=O)C(N)C(C)C)(CN=[N+]=[N-])[C@@H](O)[C@H]1F.C=C1NC(=O)C=CN1[C@@H]1O[C@](CN=[N+]=[N-])(COP2(=O)OCc3cccc(C)c3O2)[C@@H](O)[C@H]1F.CC(NP(=O)(NC(C)C(=O)OC1CCCCC1)OC[C@@]1(CN=[N+]=[N-])O[C@@H](n2ccc(=O)[nH]c2=O)[C@H](F)[C@@H]1O)C(=O)OC1CCCCC1. The van der Waals surface area contributed by atoms with Gasteiger partial charge in [0.15, 0.2) is 37.2 Å². The number of aryl methyl sites for hydroxylation is 1. The van der Waals surface area contributed by atoms with Crippen LogP contribution in [0.4, 0.5) is 13.2 Å². The molecule has 8 aliphatic rings. The number of nitrogens with zero attached hydrogens (tertiary/aromatic N) is 12. The third-order valence-electron chi connectivity index (χ3n) is 19.0. The first-order valence-electron chi connectivity index (χ1n) is 34.6. The van der Waals surface area contributed by atoms with Crippen LogP contribution in [0.2, 0.25) is 0 Å². The van der Waals surface area contributed by atoms with Crippen LogP contribution in [0, 0.1) is 12.8 Å². The zero-order valence-electron chi connectivity index (χ0n) is 59.7. The molecule has 4 unspecified atom stereocenters. The predicted octanol–water partition coefficient (Wildman–Crippen LogP) is 6.04. The van der Waals surface area contributed by atoms with Crippen molar-refractivity contribution in [3.05, 3.63) is 143 Å². The summed E-state index contributed by atoms with van der Waals surface area (Å²) >= 11 is 0. The van der Waals surface area contributed by atoms with Crippen molar-refractivity contribution in [3.63, 3.8) is 0 Å². The lowest BCUT2D eigenvalue weighted by atomic mass is 9.87. The number of aliphatic hydroxyl groups is 3. The highest BCUT2D eigenvalue weighted by atomic mass is 31.2. The Balaban J connectivity index is 0.000000212. The molecule has 2 aliphatic carbocycles. The molecule has 108 heavy (non-hydrogen) atoms. The van der Waals surface area contributed by atoms with Crippen molar-refractivity contribution in [2.75, 3.05) is 32.8 Å². The summed E-state index contributed by atoms with van der Waals surface area (Å²) < 4.78 is 124. The number of alkyl halides is 3. The molecule has 1 aromatic carbocycles. The highest BCUT2D eigenvalue weighted by Crippen LogP contribution is 2.57. The molecule has 592 valence electrons. The number of aromatic amines is 1. The first-order valence-corrected chi connectivity index (χ1v) is 37.7. The zero-order valence-corrected chi connectivity index (χ0v) is 61.4. The summed E-state index contributed by atoms with van der Waals surface area (Å²) in [4.78, 5) is 97.3. The largest absolute Gasteiger partial charge is 0.530 e. The number of Topliss-reactive ketones (excluding diaryl/α,β-unsaturated/α-hetero) is 1. The third-order valence-corrected chi connectivity index (χ3v) is 22.3. The number of esters is 2. The Labute approximate surface area is 616 Å². The van der Waals surface area contributed by atoms with E-state index < -0.39 is 167 Å². The molecule has 16 atom stereocenters. The fourth-order valence-corrected chi connectivity index (χ4v) is 16.0. The molecule has 10 N–H and O–H groups in total. The van der Waals surface area contributed by atoms with Crippen molar-refractivity contribution in [2.24, 2.45) is 27.0 Å². The number of azide groups is 3. The summed E-state index contributed by atoms with van der Waals surface area (Å²) in [5.41, 5.74) is 26.2. The van der Waals surface area contributed by atoms with E-state index in [1.54, 1.807) is 39.0 Å². The van der Waals surface area contributed by atoms with E-state index in [0.29, 0.717) is 47.1 Å². The number of hydrogen-bond donors (Lipinski definition) is 9. The molecular formula is C64H89F3N18O21P2. The second-order valence-electron chi connectivity index (χ2n) is 27.2. The number of para-hydroxylation sites is 1. The number of ketones is 1. The summed E-state index contributed by atoms with van der Waals surface area (Å²) in [6, 6.07) is 3.10. The quantitative estimate of drug-likeness (QED) is 0.0154. The Bertz CT molecular complexity index is 4030. The molecule has 5 fully saturated rings. The number of fused-ring (bicyclic) bond motifs is 1. The maximum atomic E-state index is 15.5. The van der Waals surface area contributed by atoms with Crippen LogP contribution in [0.15, 0.2) is 105 Å². The number of phosphoric acid groups is 1. The maximum Gasteiger partial charge on any atom is 0.530 e. The molecule has 0 spiro atoms. The number of ether oxygens (including phenoxy) is 5. The smallest absolute Gasteiger partial charge is 0.461 e. The van der Waals surface area contributed by atoms with Crippen molar-refractivity contribution in [1.82, 2.24) is 40.2 Å². The number of amides is 2. The number of nitrogens with one attached hydrogen (secondary N) is 5. The van der Waals surface area contributed by atoms with Crippen LogP contribution in [-0.2, 0) is 77.0 Å². The topological polar surface area (TPSA) is 545 Å². The van der Waals surface area contributed by atoms with Gasteiger partial charge in [-0.1, -0.05) is 73.4 Å². The number of rotatable bonds is 28. The molecule has 0 bridgehead atoms. The number of benzene rings is 1. The molecule has 10 rings (SSSR count). The van der Waals surface area contributed by atoms with Gasteiger partial charge in [0.05, 0.1) is 45.5 Å². The van der Waals surface area contributed by atoms with Crippen LogP contribution in [0.5, 0.6) is 5.75 Å². The second kappa shape index (κ2) is 37.3. The van der Waals surface area contributed by atoms with E-state index in [2.05, 4.69) is 64.0 Å². The first kappa shape index (κ1) is 85.1. The van der Waals surface area contributed by atoms with Gasteiger partial charge in [-0.05, 0) is 107 Å². The lowest BCUT2D eigenvalue weighted by Crippen LogP contribution is -2.50. The van der Waals surface area contributed by atoms with E-state index in [1.165, 1.54) is 36.0 Å². The summed E-state index contributed by atoms with van der Waals surface area (Å²) in [7, 11) is -8.66.